The fourth-order valence-electron chi connectivity index (χ4n) is 1.43. The van der Waals surface area contributed by atoms with Gasteiger partial charge in [-0.3, -0.25) is 0 Å². The first-order chi connectivity index (χ1) is 7.13. The average molecular weight is 209 g/mol. The molecule has 0 aromatic heterocycles. The number of aliphatic hydroxyl groups is 2. The molecule has 0 fully saturated rings. The fourth-order valence-corrected chi connectivity index (χ4v) is 1.43. The normalized spacial score (nSPS) is 12.8. The zero-order chi connectivity index (χ0) is 11.3. The first-order valence-electron chi connectivity index (χ1n) is 5.19. The number of hydrogen-bond donors (Lipinski definition) is 3. The topological polar surface area (TPSA) is 52.5 Å². The van der Waals surface area contributed by atoms with Crippen LogP contribution < -0.4 is 5.32 Å². The van der Waals surface area contributed by atoms with Crippen LogP contribution in [-0.2, 0) is 6.54 Å². The molecule has 3 N–H and O–H groups in total. The number of benzene rings is 1. The lowest BCUT2D eigenvalue weighted by Crippen LogP contribution is -2.29. The molecule has 1 rings (SSSR count). The fraction of sp³-hybridized carbons (Fsp3) is 0.500. The zero-order valence-electron chi connectivity index (χ0n) is 9.33. The van der Waals surface area contributed by atoms with Gasteiger partial charge in [0, 0.05) is 13.1 Å². The Bertz CT molecular complexity index is 312. The third kappa shape index (κ3) is 4.00. The minimum atomic E-state index is -0.671. The van der Waals surface area contributed by atoms with Gasteiger partial charge in [0.25, 0.3) is 0 Å². The molecule has 1 aromatic carbocycles. The molecule has 3 heteroatoms. The van der Waals surface area contributed by atoms with Crippen LogP contribution in [0.2, 0.25) is 0 Å². The summed E-state index contributed by atoms with van der Waals surface area (Å²) in [6.45, 7) is 5.08. The second kappa shape index (κ2) is 5.85. The molecule has 0 aliphatic heterocycles. The SMILES string of the molecule is Cc1ccc(C)c(CNCC(O)CO)c1. The van der Waals surface area contributed by atoms with Gasteiger partial charge in [-0.2, -0.15) is 0 Å². The van der Waals surface area contributed by atoms with E-state index in [0.717, 1.165) is 6.54 Å². The molecular formula is C12H19NO2. The second-order valence-electron chi connectivity index (χ2n) is 3.90. The van der Waals surface area contributed by atoms with Gasteiger partial charge in [0.2, 0.25) is 0 Å². The Morgan fingerprint density at radius 2 is 2.07 bits per heavy atom. The number of hydrogen-bond acceptors (Lipinski definition) is 3. The summed E-state index contributed by atoms with van der Waals surface area (Å²) in [7, 11) is 0. The van der Waals surface area contributed by atoms with Crippen molar-refractivity contribution in [2.24, 2.45) is 0 Å². The Balaban J connectivity index is 2.46. The molecule has 0 radical (unpaired) electrons. The maximum absolute atomic E-state index is 9.15. The highest BCUT2D eigenvalue weighted by molar-refractivity contribution is 5.30. The quantitative estimate of drug-likeness (QED) is 0.670. The summed E-state index contributed by atoms with van der Waals surface area (Å²) in [6, 6.07) is 6.31. The highest BCUT2D eigenvalue weighted by Gasteiger charge is 2.02. The summed E-state index contributed by atoms with van der Waals surface area (Å²) >= 11 is 0. The molecule has 0 heterocycles. The average Bonchev–Trinajstić information content (AvgIpc) is 2.23. The van der Waals surface area contributed by atoms with Gasteiger partial charge in [0.15, 0.2) is 0 Å². The summed E-state index contributed by atoms with van der Waals surface area (Å²) in [5.41, 5.74) is 3.71. The van der Waals surface area contributed by atoms with E-state index in [1.807, 2.05) is 0 Å². The van der Waals surface area contributed by atoms with Crippen LogP contribution in [0.15, 0.2) is 18.2 Å². The Morgan fingerprint density at radius 1 is 1.33 bits per heavy atom. The largest absolute Gasteiger partial charge is 0.394 e. The molecule has 3 nitrogen and oxygen atoms in total. The Morgan fingerprint density at radius 3 is 2.73 bits per heavy atom. The second-order valence-corrected chi connectivity index (χ2v) is 3.90. The van der Waals surface area contributed by atoms with Crippen molar-refractivity contribution in [3.63, 3.8) is 0 Å². The van der Waals surface area contributed by atoms with Crippen LogP contribution in [0.3, 0.4) is 0 Å². The Labute approximate surface area is 90.8 Å². The van der Waals surface area contributed by atoms with Crippen molar-refractivity contribution in [1.29, 1.82) is 0 Å². The van der Waals surface area contributed by atoms with Crippen molar-refractivity contribution in [3.05, 3.63) is 34.9 Å². The zero-order valence-corrected chi connectivity index (χ0v) is 9.33. The number of aliphatic hydroxyl groups excluding tert-OH is 2. The van der Waals surface area contributed by atoms with Gasteiger partial charge in [-0.25, -0.2) is 0 Å². The molecule has 0 amide bonds. The van der Waals surface area contributed by atoms with E-state index in [1.54, 1.807) is 0 Å². The van der Waals surface area contributed by atoms with Gasteiger partial charge >= 0.3 is 0 Å². The summed E-state index contributed by atoms with van der Waals surface area (Å²) in [4.78, 5) is 0. The summed E-state index contributed by atoms with van der Waals surface area (Å²) in [5, 5.41) is 20.9. The molecule has 0 aliphatic carbocycles. The minimum absolute atomic E-state index is 0.195. The molecular weight excluding hydrogens is 190 g/mol. The molecule has 0 spiro atoms. The number of aryl methyl sites for hydroxylation is 2. The highest BCUT2D eigenvalue weighted by Crippen LogP contribution is 2.09. The van der Waals surface area contributed by atoms with E-state index < -0.39 is 6.10 Å². The van der Waals surface area contributed by atoms with Crippen LogP contribution in [-0.4, -0.2) is 29.5 Å². The van der Waals surface area contributed by atoms with Crippen LogP contribution in [0.5, 0.6) is 0 Å². The molecule has 0 saturated carbocycles. The van der Waals surface area contributed by atoms with Crippen LogP contribution in [0, 0.1) is 13.8 Å². The first kappa shape index (κ1) is 12.2. The summed E-state index contributed by atoms with van der Waals surface area (Å²) in [6.07, 6.45) is -0.671. The number of rotatable bonds is 5. The van der Waals surface area contributed by atoms with Gasteiger partial charge in [-0.1, -0.05) is 23.8 Å². The predicted molar refractivity (Wildman–Crippen MR) is 60.7 cm³/mol. The van der Waals surface area contributed by atoms with Gasteiger partial charge < -0.3 is 15.5 Å². The molecule has 0 bridgehead atoms. The third-order valence-electron chi connectivity index (χ3n) is 2.41. The van der Waals surface area contributed by atoms with Gasteiger partial charge in [-0.05, 0) is 25.0 Å². The van der Waals surface area contributed by atoms with E-state index in [2.05, 4.69) is 37.4 Å². The van der Waals surface area contributed by atoms with Crippen LogP contribution in [0.1, 0.15) is 16.7 Å². The number of nitrogens with one attached hydrogen (secondary N) is 1. The van der Waals surface area contributed by atoms with Crippen LogP contribution >= 0.6 is 0 Å². The van der Waals surface area contributed by atoms with Crippen LogP contribution in [0.4, 0.5) is 0 Å². The highest BCUT2D eigenvalue weighted by atomic mass is 16.3. The molecule has 15 heavy (non-hydrogen) atoms. The minimum Gasteiger partial charge on any atom is -0.394 e. The molecule has 1 aromatic rings. The third-order valence-corrected chi connectivity index (χ3v) is 2.41. The van der Waals surface area contributed by atoms with Crippen LogP contribution in [0.25, 0.3) is 0 Å². The van der Waals surface area contributed by atoms with E-state index in [1.165, 1.54) is 16.7 Å². The van der Waals surface area contributed by atoms with Crippen molar-refractivity contribution in [3.8, 4) is 0 Å². The van der Waals surface area contributed by atoms with E-state index in [4.69, 9.17) is 10.2 Å². The van der Waals surface area contributed by atoms with Crippen molar-refractivity contribution in [1.82, 2.24) is 5.32 Å². The van der Waals surface area contributed by atoms with E-state index in [-0.39, 0.29) is 6.61 Å². The molecule has 84 valence electrons. The van der Waals surface area contributed by atoms with Crippen molar-refractivity contribution in [2.75, 3.05) is 13.2 Å². The maximum atomic E-state index is 9.15. The van der Waals surface area contributed by atoms with E-state index >= 15 is 0 Å². The molecule has 0 saturated heterocycles. The van der Waals surface area contributed by atoms with Gasteiger partial charge in [0.1, 0.15) is 0 Å². The lowest BCUT2D eigenvalue weighted by atomic mass is 10.1. The first-order valence-corrected chi connectivity index (χ1v) is 5.19. The van der Waals surface area contributed by atoms with Crippen molar-refractivity contribution in [2.45, 2.75) is 26.5 Å². The van der Waals surface area contributed by atoms with Crippen molar-refractivity contribution >= 4 is 0 Å². The lowest BCUT2D eigenvalue weighted by molar-refractivity contribution is 0.0942. The maximum Gasteiger partial charge on any atom is 0.0895 e. The van der Waals surface area contributed by atoms with Gasteiger partial charge in [0.05, 0.1) is 12.7 Å². The molecule has 1 atom stereocenters. The molecule has 0 aliphatic rings. The Kier molecular flexibility index (Phi) is 4.75. The summed E-state index contributed by atoms with van der Waals surface area (Å²) in [5.74, 6) is 0. The molecule has 1 unspecified atom stereocenters. The predicted octanol–water partition coefficient (Wildman–Crippen LogP) is 0.746. The van der Waals surface area contributed by atoms with Crippen molar-refractivity contribution < 1.29 is 10.2 Å². The van der Waals surface area contributed by atoms with Gasteiger partial charge in [-0.15, -0.1) is 0 Å². The smallest absolute Gasteiger partial charge is 0.0895 e. The standard InChI is InChI=1S/C12H19NO2/c1-9-3-4-10(2)11(5-9)6-13-7-12(15)8-14/h3-5,12-15H,6-8H2,1-2H3. The lowest BCUT2D eigenvalue weighted by Gasteiger charge is -2.11. The van der Waals surface area contributed by atoms with E-state index in [0.29, 0.717) is 6.54 Å². The monoisotopic (exact) mass is 209 g/mol. The van der Waals surface area contributed by atoms with E-state index in [9.17, 15) is 0 Å². The summed E-state index contributed by atoms with van der Waals surface area (Å²) < 4.78 is 0. The Hall–Kier alpha value is -0.900.